The Kier molecular flexibility index (Phi) is 3.92. The lowest BCUT2D eigenvalue weighted by Crippen LogP contribution is -2.57. The van der Waals surface area contributed by atoms with Crippen molar-refractivity contribution in [1.29, 1.82) is 0 Å². The van der Waals surface area contributed by atoms with Gasteiger partial charge in [0.1, 0.15) is 5.54 Å². The Bertz CT molecular complexity index is 526. The first-order chi connectivity index (χ1) is 9.31. The van der Waals surface area contributed by atoms with Crippen molar-refractivity contribution in [3.63, 3.8) is 0 Å². The number of ketones is 1. The first-order valence-electron chi connectivity index (χ1n) is 6.93. The van der Waals surface area contributed by atoms with Gasteiger partial charge in [0.2, 0.25) is 5.91 Å². The first-order valence-corrected chi connectivity index (χ1v) is 7.31. The highest BCUT2D eigenvalue weighted by Crippen LogP contribution is 2.43. The Labute approximate surface area is 124 Å². The van der Waals surface area contributed by atoms with Gasteiger partial charge < -0.3 is 0 Å². The van der Waals surface area contributed by atoms with Crippen LogP contribution < -0.4 is 4.90 Å². The zero-order chi connectivity index (χ0) is 15.1. The molecule has 1 aliphatic rings. The maximum absolute atomic E-state index is 12.6. The number of hydrogen-bond donors (Lipinski definition) is 0. The van der Waals surface area contributed by atoms with Crippen LogP contribution in [0.5, 0.6) is 0 Å². The standard InChI is InChI=1S/C16H20ClNO2/c1-10(2)16(11(3)4)14(19)9-15(20)18(16)13-7-5-12(17)6-8-13/h5-8,10-11H,9H2,1-4H3. The predicted octanol–water partition coefficient (Wildman–Crippen LogP) is 3.70. The molecule has 1 aromatic rings. The van der Waals surface area contributed by atoms with Crippen LogP contribution >= 0.6 is 11.6 Å². The summed E-state index contributed by atoms with van der Waals surface area (Å²) >= 11 is 5.91. The molecule has 0 atom stereocenters. The molecule has 0 bridgehead atoms. The van der Waals surface area contributed by atoms with Crippen LogP contribution in [0.1, 0.15) is 34.1 Å². The lowest BCUT2D eigenvalue weighted by molar-refractivity contribution is -0.125. The Morgan fingerprint density at radius 1 is 1.05 bits per heavy atom. The normalized spacial score (nSPS) is 18.4. The van der Waals surface area contributed by atoms with E-state index in [0.29, 0.717) is 5.02 Å². The third-order valence-electron chi connectivity index (χ3n) is 4.22. The SMILES string of the molecule is CC(C)C1(C(C)C)C(=O)CC(=O)N1c1ccc(Cl)cc1. The smallest absolute Gasteiger partial charge is 0.235 e. The lowest BCUT2D eigenvalue weighted by Gasteiger charge is -2.43. The summed E-state index contributed by atoms with van der Waals surface area (Å²) in [5.41, 5.74) is -0.0158. The van der Waals surface area contributed by atoms with E-state index in [2.05, 4.69) is 0 Å². The van der Waals surface area contributed by atoms with Crippen LogP contribution in [-0.2, 0) is 9.59 Å². The quantitative estimate of drug-likeness (QED) is 0.797. The molecule has 0 aliphatic carbocycles. The second-order valence-electron chi connectivity index (χ2n) is 5.94. The van der Waals surface area contributed by atoms with Crippen molar-refractivity contribution in [2.24, 2.45) is 11.8 Å². The van der Waals surface area contributed by atoms with Crippen LogP contribution in [0.25, 0.3) is 0 Å². The average Bonchev–Trinajstić information content (AvgIpc) is 2.62. The zero-order valence-corrected chi connectivity index (χ0v) is 13.1. The fourth-order valence-corrected chi connectivity index (χ4v) is 3.59. The molecule has 0 aromatic heterocycles. The Hall–Kier alpha value is -1.35. The largest absolute Gasteiger partial charge is 0.298 e. The van der Waals surface area contributed by atoms with E-state index in [4.69, 9.17) is 11.6 Å². The van der Waals surface area contributed by atoms with Gasteiger partial charge in [-0.3, -0.25) is 14.5 Å². The van der Waals surface area contributed by atoms with Crippen molar-refractivity contribution in [2.45, 2.75) is 39.7 Å². The molecule has 0 spiro atoms. The van der Waals surface area contributed by atoms with E-state index in [-0.39, 0.29) is 29.9 Å². The van der Waals surface area contributed by atoms with Gasteiger partial charge in [-0.05, 0) is 36.1 Å². The summed E-state index contributed by atoms with van der Waals surface area (Å²) in [6.07, 6.45) is -0.0149. The second kappa shape index (κ2) is 5.21. The molecule has 1 fully saturated rings. The molecule has 0 saturated carbocycles. The summed E-state index contributed by atoms with van der Waals surface area (Å²) in [4.78, 5) is 26.6. The van der Waals surface area contributed by atoms with Crippen LogP contribution in [0.15, 0.2) is 24.3 Å². The van der Waals surface area contributed by atoms with Crippen molar-refractivity contribution in [2.75, 3.05) is 4.90 Å². The minimum atomic E-state index is -0.759. The molecule has 108 valence electrons. The van der Waals surface area contributed by atoms with Crippen LogP contribution in [0.2, 0.25) is 5.02 Å². The van der Waals surface area contributed by atoms with E-state index >= 15 is 0 Å². The highest BCUT2D eigenvalue weighted by molar-refractivity contribution is 6.30. The van der Waals surface area contributed by atoms with Crippen molar-refractivity contribution in [3.05, 3.63) is 29.3 Å². The number of anilines is 1. The van der Waals surface area contributed by atoms with Crippen molar-refractivity contribution < 1.29 is 9.59 Å². The van der Waals surface area contributed by atoms with Gasteiger partial charge in [-0.2, -0.15) is 0 Å². The number of halogens is 1. The molecule has 1 aliphatic heterocycles. The number of benzene rings is 1. The van der Waals surface area contributed by atoms with E-state index in [0.717, 1.165) is 5.69 Å². The number of Topliss-reactive ketones (excluding diaryl/α,β-unsaturated/α-hetero) is 1. The number of amides is 1. The van der Waals surface area contributed by atoms with E-state index in [1.807, 2.05) is 27.7 Å². The predicted molar refractivity (Wildman–Crippen MR) is 81.0 cm³/mol. The average molecular weight is 294 g/mol. The third kappa shape index (κ3) is 2.05. The van der Waals surface area contributed by atoms with Gasteiger partial charge in [0.15, 0.2) is 5.78 Å². The van der Waals surface area contributed by atoms with Gasteiger partial charge in [0.25, 0.3) is 0 Å². The maximum atomic E-state index is 12.6. The fraction of sp³-hybridized carbons (Fsp3) is 0.500. The van der Waals surface area contributed by atoms with E-state index in [1.165, 1.54) is 0 Å². The number of rotatable bonds is 3. The Balaban J connectivity index is 2.60. The second-order valence-corrected chi connectivity index (χ2v) is 6.38. The number of hydrogen-bond acceptors (Lipinski definition) is 2. The molecular formula is C16H20ClNO2. The van der Waals surface area contributed by atoms with Gasteiger partial charge in [-0.25, -0.2) is 0 Å². The summed E-state index contributed by atoms with van der Waals surface area (Å²) in [5, 5.41) is 0.617. The molecule has 3 nitrogen and oxygen atoms in total. The molecule has 1 saturated heterocycles. The topological polar surface area (TPSA) is 37.4 Å². The Morgan fingerprint density at radius 2 is 1.55 bits per heavy atom. The maximum Gasteiger partial charge on any atom is 0.235 e. The molecular weight excluding hydrogens is 274 g/mol. The van der Waals surface area contributed by atoms with Crippen molar-refractivity contribution in [1.82, 2.24) is 0 Å². The van der Waals surface area contributed by atoms with Crippen molar-refractivity contribution in [3.8, 4) is 0 Å². The number of nitrogens with zero attached hydrogens (tertiary/aromatic N) is 1. The number of carbonyl (C=O) groups is 2. The summed E-state index contributed by atoms with van der Waals surface area (Å²) < 4.78 is 0. The molecule has 1 amide bonds. The first kappa shape index (κ1) is 15.0. The monoisotopic (exact) mass is 293 g/mol. The third-order valence-corrected chi connectivity index (χ3v) is 4.48. The van der Waals surface area contributed by atoms with Gasteiger partial charge in [0, 0.05) is 10.7 Å². The van der Waals surface area contributed by atoms with Gasteiger partial charge in [-0.15, -0.1) is 0 Å². The van der Waals surface area contributed by atoms with Gasteiger partial charge >= 0.3 is 0 Å². The molecule has 2 rings (SSSR count). The minimum Gasteiger partial charge on any atom is -0.298 e. The molecule has 0 N–H and O–H groups in total. The lowest BCUT2D eigenvalue weighted by atomic mass is 9.74. The van der Waals surface area contributed by atoms with Crippen LogP contribution in [-0.4, -0.2) is 17.2 Å². The minimum absolute atomic E-state index is 0.0149. The summed E-state index contributed by atoms with van der Waals surface area (Å²) in [6, 6.07) is 7.10. The van der Waals surface area contributed by atoms with E-state index in [9.17, 15) is 9.59 Å². The zero-order valence-electron chi connectivity index (χ0n) is 12.3. The molecule has 20 heavy (non-hydrogen) atoms. The molecule has 1 heterocycles. The number of carbonyl (C=O) groups excluding carboxylic acids is 2. The highest BCUT2D eigenvalue weighted by atomic mass is 35.5. The molecule has 1 aromatic carbocycles. The van der Waals surface area contributed by atoms with E-state index in [1.54, 1.807) is 29.2 Å². The van der Waals surface area contributed by atoms with Gasteiger partial charge in [0.05, 0.1) is 6.42 Å². The van der Waals surface area contributed by atoms with Crippen molar-refractivity contribution >= 4 is 29.0 Å². The summed E-state index contributed by atoms with van der Waals surface area (Å²) in [5.74, 6) is -0.00331. The fourth-order valence-electron chi connectivity index (χ4n) is 3.46. The van der Waals surface area contributed by atoms with E-state index < -0.39 is 5.54 Å². The van der Waals surface area contributed by atoms with Crippen LogP contribution in [0, 0.1) is 11.8 Å². The van der Waals surface area contributed by atoms with Crippen LogP contribution in [0.3, 0.4) is 0 Å². The molecule has 4 heteroatoms. The molecule has 0 radical (unpaired) electrons. The summed E-state index contributed by atoms with van der Waals surface area (Å²) in [6.45, 7) is 8.00. The molecule has 0 unspecified atom stereocenters. The Morgan fingerprint density at radius 3 is 2.00 bits per heavy atom. The van der Waals surface area contributed by atoms with Gasteiger partial charge in [-0.1, -0.05) is 39.3 Å². The van der Waals surface area contributed by atoms with Crippen LogP contribution in [0.4, 0.5) is 5.69 Å². The summed E-state index contributed by atoms with van der Waals surface area (Å²) in [7, 11) is 0. The highest BCUT2D eigenvalue weighted by Gasteiger charge is 2.56.